The van der Waals surface area contributed by atoms with E-state index >= 15 is 0 Å². The number of nitrogens with one attached hydrogen (secondary N) is 1. The van der Waals surface area contributed by atoms with Crippen LogP contribution < -0.4 is 5.32 Å². The van der Waals surface area contributed by atoms with Crippen LogP contribution >= 0.6 is 39.1 Å². The highest BCUT2D eigenvalue weighted by Crippen LogP contribution is 2.25. The maximum Gasteiger partial charge on any atom is 0.291 e. The zero-order valence-corrected chi connectivity index (χ0v) is 16.5. The molecule has 3 aromatic rings. The summed E-state index contributed by atoms with van der Waals surface area (Å²) in [5.74, 6) is -0.111. The van der Waals surface area contributed by atoms with Crippen molar-refractivity contribution in [3.8, 4) is 0 Å². The van der Waals surface area contributed by atoms with Crippen molar-refractivity contribution < 1.29 is 9.21 Å². The normalized spacial score (nSPS) is 10.9. The van der Waals surface area contributed by atoms with Crippen LogP contribution in [-0.4, -0.2) is 15.7 Å². The minimum absolute atomic E-state index is 0.221. The Morgan fingerprint density at radius 2 is 2.04 bits per heavy atom. The van der Waals surface area contributed by atoms with Crippen molar-refractivity contribution in [1.82, 2.24) is 9.78 Å². The first-order chi connectivity index (χ1) is 11.8. The number of amides is 1. The van der Waals surface area contributed by atoms with Crippen LogP contribution in [0.4, 0.5) is 5.69 Å². The minimum Gasteiger partial charge on any atom is -0.444 e. The van der Waals surface area contributed by atoms with Crippen LogP contribution in [0, 0.1) is 13.8 Å². The Morgan fingerprint density at radius 3 is 2.68 bits per heavy atom. The molecule has 130 valence electrons. The highest BCUT2D eigenvalue weighted by atomic mass is 79.9. The largest absolute Gasteiger partial charge is 0.444 e. The molecule has 8 heteroatoms. The van der Waals surface area contributed by atoms with E-state index < -0.39 is 0 Å². The Bertz CT molecular complexity index is 950. The number of carbonyl (C=O) groups is 1. The molecule has 5 nitrogen and oxygen atoms in total. The van der Waals surface area contributed by atoms with Crippen LogP contribution in [0.25, 0.3) is 0 Å². The quantitative estimate of drug-likeness (QED) is 0.583. The molecule has 0 aliphatic heterocycles. The van der Waals surface area contributed by atoms with Gasteiger partial charge >= 0.3 is 0 Å². The number of rotatable bonds is 4. The lowest BCUT2D eigenvalue weighted by atomic mass is 10.2. The maximum atomic E-state index is 12.3. The molecule has 1 N–H and O–H groups in total. The number of nitrogens with zero attached hydrogens (tertiary/aromatic N) is 2. The number of aromatic nitrogens is 2. The third-order valence-corrected chi connectivity index (χ3v) is 4.77. The van der Waals surface area contributed by atoms with E-state index in [1.54, 1.807) is 28.9 Å². The Morgan fingerprint density at radius 1 is 1.28 bits per heavy atom. The molecule has 3 rings (SSSR count). The zero-order chi connectivity index (χ0) is 18.1. The number of hydrogen-bond acceptors (Lipinski definition) is 3. The van der Waals surface area contributed by atoms with Crippen molar-refractivity contribution >= 4 is 50.7 Å². The standard InChI is InChI=1S/C17H14BrCl2N3O2/c1-9-16(21-17(24)14-5-6-15(18)25-14)10(2)23(22-9)8-11-3-4-12(19)7-13(11)20/h3-7H,8H2,1-2H3,(H,21,24). The number of halogens is 3. The molecular formula is C17H14BrCl2N3O2. The lowest BCUT2D eigenvalue weighted by Gasteiger charge is -2.08. The van der Waals surface area contributed by atoms with Crippen LogP contribution in [0.15, 0.2) is 39.4 Å². The summed E-state index contributed by atoms with van der Waals surface area (Å²) < 4.78 is 7.56. The van der Waals surface area contributed by atoms with Gasteiger partial charge in [0.05, 0.1) is 23.6 Å². The summed E-state index contributed by atoms with van der Waals surface area (Å²) in [6.45, 7) is 4.20. The second-order valence-corrected chi connectivity index (χ2v) is 7.12. The third-order valence-electron chi connectivity index (χ3n) is 3.75. The van der Waals surface area contributed by atoms with Crippen molar-refractivity contribution in [1.29, 1.82) is 0 Å². The number of anilines is 1. The van der Waals surface area contributed by atoms with Crippen LogP contribution in [0.1, 0.15) is 27.5 Å². The summed E-state index contributed by atoms with van der Waals surface area (Å²) in [6, 6.07) is 8.61. The van der Waals surface area contributed by atoms with E-state index in [1.807, 2.05) is 19.9 Å². The smallest absolute Gasteiger partial charge is 0.291 e. The summed E-state index contributed by atoms with van der Waals surface area (Å²) >= 11 is 15.3. The summed E-state index contributed by atoms with van der Waals surface area (Å²) in [7, 11) is 0. The van der Waals surface area contributed by atoms with E-state index in [4.69, 9.17) is 27.6 Å². The van der Waals surface area contributed by atoms with E-state index in [2.05, 4.69) is 26.3 Å². The number of furan rings is 1. The molecule has 1 amide bonds. The third kappa shape index (κ3) is 3.92. The van der Waals surface area contributed by atoms with Gasteiger partial charge in [-0.1, -0.05) is 29.3 Å². The van der Waals surface area contributed by atoms with Crippen LogP contribution in [0.3, 0.4) is 0 Å². The average Bonchev–Trinajstić information content (AvgIpc) is 3.09. The van der Waals surface area contributed by atoms with Crippen molar-refractivity contribution in [2.45, 2.75) is 20.4 Å². The van der Waals surface area contributed by atoms with Gasteiger partial charge in [-0.3, -0.25) is 9.48 Å². The topological polar surface area (TPSA) is 60.1 Å². The monoisotopic (exact) mass is 441 g/mol. The molecule has 2 aromatic heterocycles. The first kappa shape index (κ1) is 18.0. The number of hydrogen-bond donors (Lipinski definition) is 1. The molecule has 0 radical (unpaired) electrons. The lowest BCUT2D eigenvalue weighted by Crippen LogP contribution is -2.12. The molecule has 0 aliphatic rings. The molecule has 0 aliphatic carbocycles. The van der Waals surface area contributed by atoms with Crippen molar-refractivity contribution in [3.05, 3.63) is 67.8 Å². The lowest BCUT2D eigenvalue weighted by molar-refractivity contribution is 0.0995. The Labute approximate surface area is 163 Å². The summed E-state index contributed by atoms with van der Waals surface area (Å²) in [5.41, 5.74) is 3.08. The van der Waals surface area contributed by atoms with Gasteiger partial charge in [-0.15, -0.1) is 0 Å². The zero-order valence-electron chi connectivity index (χ0n) is 13.4. The fourth-order valence-electron chi connectivity index (χ4n) is 2.45. The summed E-state index contributed by atoms with van der Waals surface area (Å²) in [6.07, 6.45) is 0. The van der Waals surface area contributed by atoms with E-state index in [1.165, 1.54) is 0 Å². The predicted octanol–water partition coefficient (Wildman–Crippen LogP) is 5.46. The summed E-state index contributed by atoms with van der Waals surface area (Å²) in [4.78, 5) is 12.3. The SMILES string of the molecule is Cc1nn(Cc2ccc(Cl)cc2Cl)c(C)c1NC(=O)c1ccc(Br)o1. The molecule has 0 fully saturated rings. The first-order valence-corrected chi connectivity index (χ1v) is 8.94. The van der Waals surface area contributed by atoms with Gasteiger partial charge in [0.25, 0.3) is 5.91 Å². The second-order valence-electron chi connectivity index (χ2n) is 5.50. The van der Waals surface area contributed by atoms with Crippen molar-refractivity contribution in [3.63, 3.8) is 0 Å². The van der Waals surface area contributed by atoms with E-state index in [9.17, 15) is 4.79 Å². The minimum atomic E-state index is -0.332. The highest BCUT2D eigenvalue weighted by molar-refractivity contribution is 9.10. The van der Waals surface area contributed by atoms with Crippen molar-refractivity contribution in [2.24, 2.45) is 0 Å². The highest BCUT2D eigenvalue weighted by Gasteiger charge is 2.18. The molecule has 0 spiro atoms. The Balaban J connectivity index is 1.84. The fraction of sp³-hybridized carbons (Fsp3) is 0.176. The Hall–Kier alpha value is -1.76. The van der Waals surface area contributed by atoms with Gasteiger partial charge < -0.3 is 9.73 Å². The summed E-state index contributed by atoms with van der Waals surface area (Å²) in [5, 5.41) is 8.50. The van der Waals surface area contributed by atoms with Crippen molar-refractivity contribution in [2.75, 3.05) is 5.32 Å². The van der Waals surface area contributed by atoms with Gasteiger partial charge in [0.15, 0.2) is 10.4 Å². The van der Waals surface area contributed by atoms with Gasteiger partial charge in [0.2, 0.25) is 0 Å². The Kier molecular flexibility index (Phi) is 5.22. The molecule has 0 saturated heterocycles. The second kappa shape index (κ2) is 7.23. The maximum absolute atomic E-state index is 12.3. The number of aryl methyl sites for hydroxylation is 1. The van der Waals surface area contributed by atoms with Gasteiger partial charge in [-0.25, -0.2) is 0 Å². The van der Waals surface area contributed by atoms with Gasteiger partial charge in [-0.2, -0.15) is 5.10 Å². The van der Waals surface area contributed by atoms with E-state index in [0.29, 0.717) is 32.6 Å². The average molecular weight is 443 g/mol. The molecule has 0 saturated carbocycles. The molecule has 0 unspecified atom stereocenters. The molecule has 25 heavy (non-hydrogen) atoms. The molecule has 1 aromatic carbocycles. The fourth-order valence-corrected chi connectivity index (χ4v) is 3.23. The molecular weight excluding hydrogens is 429 g/mol. The van der Waals surface area contributed by atoms with Crippen LogP contribution in [-0.2, 0) is 6.54 Å². The molecule has 0 bridgehead atoms. The van der Waals surface area contributed by atoms with Gasteiger partial charge in [-0.05, 0) is 59.6 Å². The van der Waals surface area contributed by atoms with Crippen LogP contribution in [0.2, 0.25) is 10.0 Å². The van der Waals surface area contributed by atoms with Gasteiger partial charge in [0, 0.05) is 10.0 Å². The van der Waals surface area contributed by atoms with E-state index in [-0.39, 0.29) is 11.7 Å². The predicted molar refractivity (Wildman–Crippen MR) is 102 cm³/mol. The molecule has 2 heterocycles. The van der Waals surface area contributed by atoms with Crippen LogP contribution in [0.5, 0.6) is 0 Å². The molecule has 0 atom stereocenters. The van der Waals surface area contributed by atoms with Gasteiger partial charge in [0.1, 0.15) is 0 Å². The van der Waals surface area contributed by atoms with E-state index in [0.717, 1.165) is 11.3 Å². The number of carbonyl (C=O) groups excluding carboxylic acids is 1. The number of benzene rings is 1. The first-order valence-electron chi connectivity index (χ1n) is 7.40.